The fraction of sp³-hybridized carbons (Fsp3) is 0.150. The zero-order valence-electron chi connectivity index (χ0n) is 14.4. The zero-order chi connectivity index (χ0) is 18.7. The quantitative estimate of drug-likeness (QED) is 0.729. The minimum atomic E-state index is -1.14. The van der Waals surface area contributed by atoms with Gasteiger partial charge in [-0.3, -0.25) is 9.78 Å². The van der Waals surface area contributed by atoms with E-state index in [2.05, 4.69) is 10.3 Å². The van der Waals surface area contributed by atoms with Gasteiger partial charge in [0, 0.05) is 11.1 Å². The largest absolute Gasteiger partial charge is 0.494 e. The first kappa shape index (κ1) is 17.4. The first-order chi connectivity index (χ1) is 12.5. The van der Waals surface area contributed by atoms with Gasteiger partial charge >= 0.3 is 5.97 Å². The summed E-state index contributed by atoms with van der Waals surface area (Å²) in [5, 5.41) is 12.9. The second kappa shape index (κ2) is 7.23. The third-order valence-corrected chi connectivity index (χ3v) is 3.88. The Hall–Kier alpha value is -3.41. The number of carboxylic acids is 1. The fourth-order valence-corrected chi connectivity index (χ4v) is 2.68. The number of hydrogen-bond acceptors (Lipinski definition) is 4. The van der Waals surface area contributed by atoms with Crippen molar-refractivity contribution in [2.75, 3.05) is 11.9 Å². The SMILES string of the molecule is CCOc1ccc(NC(=O)c2cccc3ccc(C)nc23)c(C(=O)O)c1. The predicted molar refractivity (Wildman–Crippen MR) is 99.0 cm³/mol. The smallest absolute Gasteiger partial charge is 0.337 e. The van der Waals surface area contributed by atoms with Crippen molar-refractivity contribution in [1.82, 2.24) is 4.98 Å². The average molecular weight is 350 g/mol. The number of anilines is 1. The van der Waals surface area contributed by atoms with E-state index in [0.29, 0.717) is 23.4 Å². The number of nitrogens with one attached hydrogen (secondary N) is 1. The molecule has 0 bridgehead atoms. The molecular weight excluding hydrogens is 332 g/mol. The molecule has 1 aromatic heterocycles. The van der Waals surface area contributed by atoms with Crippen molar-refractivity contribution in [3.63, 3.8) is 0 Å². The van der Waals surface area contributed by atoms with Crippen molar-refractivity contribution in [2.24, 2.45) is 0 Å². The van der Waals surface area contributed by atoms with E-state index < -0.39 is 11.9 Å². The molecule has 1 amide bonds. The van der Waals surface area contributed by atoms with E-state index in [9.17, 15) is 14.7 Å². The lowest BCUT2D eigenvalue weighted by Gasteiger charge is -2.12. The minimum absolute atomic E-state index is 0.0336. The third-order valence-electron chi connectivity index (χ3n) is 3.88. The molecule has 0 aliphatic rings. The Morgan fingerprint density at radius 2 is 1.92 bits per heavy atom. The number of pyridine rings is 1. The van der Waals surface area contributed by atoms with Gasteiger partial charge in [0.1, 0.15) is 5.75 Å². The Labute approximate surface area is 150 Å². The fourth-order valence-electron chi connectivity index (χ4n) is 2.68. The first-order valence-electron chi connectivity index (χ1n) is 8.17. The molecule has 0 saturated heterocycles. The highest BCUT2D eigenvalue weighted by Gasteiger charge is 2.17. The van der Waals surface area contributed by atoms with Gasteiger partial charge in [-0.05, 0) is 44.2 Å². The van der Waals surface area contributed by atoms with Gasteiger partial charge in [0.25, 0.3) is 5.91 Å². The summed E-state index contributed by atoms with van der Waals surface area (Å²) in [6, 6.07) is 13.6. The topological polar surface area (TPSA) is 88.5 Å². The number of para-hydroxylation sites is 1. The molecule has 3 aromatic rings. The van der Waals surface area contributed by atoms with Crippen LogP contribution in [-0.4, -0.2) is 28.6 Å². The molecule has 0 aliphatic heterocycles. The molecule has 132 valence electrons. The highest BCUT2D eigenvalue weighted by molar-refractivity contribution is 6.13. The number of nitrogens with zero attached hydrogens (tertiary/aromatic N) is 1. The number of fused-ring (bicyclic) bond motifs is 1. The van der Waals surface area contributed by atoms with Gasteiger partial charge in [0.05, 0.1) is 28.9 Å². The number of aromatic nitrogens is 1. The van der Waals surface area contributed by atoms with Crippen LogP contribution in [0.25, 0.3) is 10.9 Å². The van der Waals surface area contributed by atoms with E-state index in [-0.39, 0.29) is 11.3 Å². The normalized spacial score (nSPS) is 10.5. The van der Waals surface area contributed by atoms with Crippen molar-refractivity contribution >= 4 is 28.5 Å². The third kappa shape index (κ3) is 3.49. The molecule has 3 rings (SSSR count). The van der Waals surface area contributed by atoms with Gasteiger partial charge in [-0.25, -0.2) is 4.79 Å². The van der Waals surface area contributed by atoms with Crippen LogP contribution in [0.4, 0.5) is 5.69 Å². The first-order valence-corrected chi connectivity index (χ1v) is 8.17. The van der Waals surface area contributed by atoms with Crippen LogP contribution in [-0.2, 0) is 0 Å². The van der Waals surface area contributed by atoms with Crippen LogP contribution in [0.5, 0.6) is 5.75 Å². The molecule has 0 atom stereocenters. The van der Waals surface area contributed by atoms with Crippen molar-refractivity contribution in [2.45, 2.75) is 13.8 Å². The van der Waals surface area contributed by atoms with Crippen LogP contribution >= 0.6 is 0 Å². The Bertz CT molecular complexity index is 998. The van der Waals surface area contributed by atoms with Crippen LogP contribution in [0.15, 0.2) is 48.5 Å². The van der Waals surface area contributed by atoms with Crippen LogP contribution in [0, 0.1) is 6.92 Å². The van der Waals surface area contributed by atoms with Crippen LogP contribution < -0.4 is 10.1 Å². The molecule has 0 spiro atoms. The van der Waals surface area contributed by atoms with E-state index in [1.54, 1.807) is 18.2 Å². The summed E-state index contributed by atoms with van der Waals surface area (Å²) in [6.07, 6.45) is 0. The van der Waals surface area contributed by atoms with E-state index in [1.165, 1.54) is 12.1 Å². The van der Waals surface area contributed by atoms with Gasteiger partial charge in [-0.2, -0.15) is 0 Å². The molecule has 0 radical (unpaired) electrons. The second-order valence-electron chi connectivity index (χ2n) is 5.73. The molecule has 0 fully saturated rings. The molecule has 1 heterocycles. The second-order valence-corrected chi connectivity index (χ2v) is 5.73. The minimum Gasteiger partial charge on any atom is -0.494 e. The number of carbonyl (C=O) groups is 2. The zero-order valence-corrected chi connectivity index (χ0v) is 14.4. The summed E-state index contributed by atoms with van der Waals surface area (Å²) in [5.41, 5.74) is 1.93. The monoisotopic (exact) mass is 350 g/mol. The molecule has 6 nitrogen and oxygen atoms in total. The lowest BCUT2D eigenvalue weighted by Crippen LogP contribution is -2.15. The summed E-state index contributed by atoms with van der Waals surface area (Å²) in [5.74, 6) is -1.13. The average Bonchev–Trinajstić information content (AvgIpc) is 2.62. The number of rotatable bonds is 5. The van der Waals surface area contributed by atoms with Crippen molar-refractivity contribution in [3.05, 3.63) is 65.4 Å². The van der Waals surface area contributed by atoms with Crippen LogP contribution in [0.2, 0.25) is 0 Å². The number of hydrogen-bond donors (Lipinski definition) is 2. The maximum absolute atomic E-state index is 12.7. The Morgan fingerprint density at radius 1 is 1.12 bits per heavy atom. The van der Waals surface area contributed by atoms with E-state index in [4.69, 9.17) is 4.74 Å². The van der Waals surface area contributed by atoms with Crippen molar-refractivity contribution in [1.29, 1.82) is 0 Å². The molecule has 0 aliphatic carbocycles. The Kier molecular flexibility index (Phi) is 4.84. The number of benzene rings is 2. The maximum Gasteiger partial charge on any atom is 0.337 e. The Morgan fingerprint density at radius 3 is 2.65 bits per heavy atom. The standard InChI is InChI=1S/C20H18N2O4/c1-3-26-14-9-10-17(16(11-14)20(24)25)22-19(23)15-6-4-5-13-8-7-12(2)21-18(13)15/h4-11H,3H2,1-2H3,(H,22,23)(H,24,25). The van der Waals surface area contributed by atoms with E-state index in [0.717, 1.165) is 11.1 Å². The van der Waals surface area contributed by atoms with Crippen LogP contribution in [0.1, 0.15) is 33.3 Å². The van der Waals surface area contributed by atoms with E-state index in [1.807, 2.05) is 32.0 Å². The summed E-state index contributed by atoms with van der Waals surface area (Å²) < 4.78 is 5.33. The summed E-state index contributed by atoms with van der Waals surface area (Å²) in [4.78, 5) is 28.7. The number of carbonyl (C=O) groups excluding carboxylic acids is 1. The lowest BCUT2D eigenvalue weighted by atomic mass is 10.1. The van der Waals surface area contributed by atoms with Gasteiger partial charge in [0.15, 0.2) is 0 Å². The lowest BCUT2D eigenvalue weighted by molar-refractivity contribution is 0.0697. The van der Waals surface area contributed by atoms with Gasteiger partial charge in [-0.15, -0.1) is 0 Å². The number of ether oxygens (including phenoxy) is 1. The molecule has 0 unspecified atom stereocenters. The number of amides is 1. The van der Waals surface area contributed by atoms with Crippen molar-refractivity contribution in [3.8, 4) is 5.75 Å². The highest BCUT2D eigenvalue weighted by atomic mass is 16.5. The molecular formula is C20H18N2O4. The predicted octanol–water partition coefficient (Wildman–Crippen LogP) is 3.89. The van der Waals surface area contributed by atoms with Gasteiger partial charge in [-0.1, -0.05) is 18.2 Å². The number of aromatic carboxylic acids is 1. The van der Waals surface area contributed by atoms with Crippen molar-refractivity contribution < 1.29 is 19.4 Å². The Balaban J connectivity index is 1.98. The molecule has 2 N–H and O–H groups in total. The van der Waals surface area contributed by atoms with E-state index >= 15 is 0 Å². The maximum atomic E-state index is 12.7. The molecule has 26 heavy (non-hydrogen) atoms. The number of aryl methyl sites for hydroxylation is 1. The molecule has 0 saturated carbocycles. The summed E-state index contributed by atoms with van der Waals surface area (Å²) in [7, 11) is 0. The highest BCUT2D eigenvalue weighted by Crippen LogP contribution is 2.24. The summed E-state index contributed by atoms with van der Waals surface area (Å²) in [6.45, 7) is 4.08. The molecule has 2 aromatic carbocycles. The van der Waals surface area contributed by atoms with Gasteiger partial charge < -0.3 is 15.2 Å². The summed E-state index contributed by atoms with van der Waals surface area (Å²) >= 11 is 0. The van der Waals surface area contributed by atoms with Crippen LogP contribution in [0.3, 0.4) is 0 Å². The number of carboxylic acid groups (broad SMARTS) is 1. The van der Waals surface area contributed by atoms with Gasteiger partial charge in [0.2, 0.25) is 0 Å². The molecule has 6 heteroatoms.